The van der Waals surface area contributed by atoms with E-state index in [9.17, 15) is 4.79 Å². The van der Waals surface area contributed by atoms with Crippen molar-refractivity contribution in [3.05, 3.63) is 30.3 Å². The standard InChI is InChI=1S/C15H22O2/c1-3-8-14(12-7-9-13(2)16)17-15-10-5-4-6-11-15/h4-6,10-11,14H,3,7-9,12H2,1-2H3. The Labute approximate surface area is 104 Å². The van der Waals surface area contributed by atoms with Crippen molar-refractivity contribution in [2.45, 2.75) is 52.1 Å². The van der Waals surface area contributed by atoms with Crippen molar-refractivity contribution in [2.75, 3.05) is 0 Å². The summed E-state index contributed by atoms with van der Waals surface area (Å²) in [4.78, 5) is 10.9. The molecule has 0 bridgehead atoms. The zero-order valence-electron chi connectivity index (χ0n) is 10.8. The monoisotopic (exact) mass is 234 g/mol. The summed E-state index contributed by atoms with van der Waals surface area (Å²) in [6.07, 6.45) is 4.94. The minimum Gasteiger partial charge on any atom is -0.490 e. The first-order chi connectivity index (χ1) is 8.22. The van der Waals surface area contributed by atoms with Crippen molar-refractivity contribution < 1.29 is 9.53 Å². The lowest BCUT2D eigenvalue weighted by molar-refractivity contribution is -0.117. The van der Waals surface area contributed by atoms with E-state index in [1.807, 2.05) is 30.3 Å². The van der Waals surface area contributed by atoms with Crippen LogP contribution >= 0.6 is 0 Å². The third kappa shape index (κ3) is 6.10. The van der Waals surface area contributed by atoms with Crippen LogP contribution in [0.5, 0.6) is 5.75 Å². The molecule has 0 aliphatic carbocycles. The highest BCUT2D eigenvalue weighted by atomic mass is 16.5. The van der Waals surface area contributed by atoms with Crippen LogP contribution in [0.1, 0.15) is 46.0 Å². The molecule has 2 nitrogen and oxygen atoms in total. The van der Waals surface area contributed by atoms with Gasteiger partial charge < -0.3 is 9.53 Å². The fourth-order valence-electron chi connectivity index (χ4n) is 1.85. The SMILES string of the molecule is CCCC(CCCC(C)=O)Oc1ccccc1. The van der Waals surface area contributed by atoms with Crippen LogP contribution in [0.3, 0.4) is 0 Å². The van der Waals surface area contributed by atoms with E-state index < -0.39 is 0 Å². The molecule has 0 N–H and O–H groups in total. The number of carbonyl (C=O) groups is 1. The summed E-state index contributed by atoms with van der Waals surface area (Å²) in [7, 11) is 0. The van der Waals surface area contributed by atoms with E-state index in [1.54, 1.807) is 6.92 Å². The second kappa shape index (κ2) is 7.88. The molecule has 0 radical (unpaired) electrons. The van der Waals surface area contributed by atoms with Gasteiger partial charge in [-0.2, -0.15) is 0 Å². The summed E-state index contributed by atoms with van der Waals surface area (Å²) >= 11 is 0. The maximum absolute atomic E-state index is 10.9. The van der Waals surface area contributed by atoms with Gasteiger partial charge in [-0.15, -0.1) is 0 Å². The fraction of sp³-hybridized carbons (Fsp3) is 0.533. The van der Waals surface area contributed by atoms with E-state index in [0.29, 0.717) is 6.42 Å². The molecule has 0 aromatic heterocycles. The number of Topliss-reactive ketones (excluding diaryl/α,β-unsaturated/α-hetero) is 1. The lowest BCUT2D eigenvalue weighted by Crippen LogP contribution is -2.16. The maximum Gasteiger partial charge on any atom is 0.129 e. The van der Waals surface area contributed by atoms with Gasteiger partial charge >= 0.3 is 0 Å². The Morgan fingerprint density at radius 3 is 2.53 bits per heavy atom. The Morgan fingerprint density at radius 1 is 1.24 bits per heavy atom. The summed E-state index contributed by atoms with van der Waals surface area (Å²) < 4.78 is 5.93. The Bertz CT molecular complexity index is 319. The van der Waals surface area contributed by atoms with E-state index in [-0.39, 0.29) is 11.9 Å². The zero-order valence-corrected chi connectivity index (χ0v) is 10.8. The molecular formula is C15H22O2. The second-order valence-corrected chi connectivity index (χ2v) is 4.44. The van der Waals surface area contributed by atoms with E-state index >= 15 is 0 Å². The first kappa shape index (κ1) is 13.8. The summed E-state index contributed by atoms with van der Waals surface area (Å²) in [5.74, 6) is 1.19. The molecule has 0 aliphatic heterocycles. The van der Waals surface area contributed by atoms with Crippen LogP contribution < -0.4 is 4.74 Å². The molecule has 0 heterocycles. The van der Waals surface area contributed by atoms with Crippen molar-refractivity contribution in [3.8, 4) is 5.75 Å². The van der Waals surface area contributed by atoms with Crippen molar-refractivity contribution in [2.24, 2.45) is 0 Å². The zero-order chi connectivity index (χ0) is 12.5. The van der Waals surface area contributed by atoms with Crippen LogP contribution in [0.15, 0.2) is 30.3 Å². The Hall–Kier alpha value is -1.31. The number of ketones is 1. The molecule has 17 heavy (non-hydrogen) atoms. The van der Waals surface area contributed by atoms with Crippen LogP contribution in [-0.2, 0) is 4.79 Å². The molecule has 0 saturated heterocycles. The average molecular weight is 234 g/mol. The van der Waals surface area contributed by atoms with Crippen molar-refractivity contribution in [1.82, 2.24) is 0 Å². The molecule has 1 rings (SSSR count). The maximum atomic E-state index is 10.9. The van der Waals surface area contributed by atoms with Gasteiger partial charge in [0.25, 0.3) is 0 Å². The predicted octanol–water partition coefficient (Wildman–Crippen LogP) is 3.99. The van der Waals surface area contributed by atoms with Crippen LogP contribution in [0, 0.1) is 0 Å². The molecule has 0 saturated carbocycles. The summed E-state index contributed by atoms with van der Waals surface area (Å²) in [6.45, 7) is 3.80. The molecule has 0 fully saturated rings. The molecule has 2 heteroatoms. The Kier molecular flexibility index (Phi) is 6.38. The average Bonchev–Trinajstić information content (AvgIpc) is 2.30. The van der Waals surface area contributed by atoms with Crippen molar-refractivity contribution in [3.63, 3.8) is 0 Å². The molecule has 1 aromatic carbocycles. The third-order valence-corrected chi connectivity index (χ3v) is 2.71. The normalized spacial score (nSPS) is 12.1. The van der Waals surface area contributed by atoms with Crippen LogP contribution in [0.4, 0.5) is 0 Å². The third-order valence-electron chi connectivity index (χ3n) is 2.71. The molecule has 1 atom stereocenters. The molecule has 0 aliphatic rings. The van der Waals surface area contributed by atoms with Gasteiger partial charge in [0.1, 0.15) is 11.5 Å². The van der Waals surface area contributed by atoms with Crippen molar-refractivity contribution in [1.29, 1.82) is 0 Å². The summed E-state index contributed by atoms with van der Waals surface area (Å²) in [6, 6.07) is 9.90. The minimum atomic E-state index is 0.238. The Balaban J connectivity index is 2.40. The molecule has 1 unspecified atom stereocenters. The fourth-order valence-corrected chi connectivity index (χ4v) is 1.85. The number of benzene rings is 1. The van der Waals surface area contributed by atoms with Gasteiger partial charge in [-0.1, -0.05) is 31.5 Å². The summed E-state index contributed by atoms with van der Waals surface area (Å²) in [5, 5.41) is 0. The lowest BCUT2D eigenvalue weighted by atomic mass is 10.1. The Morgan fingerprint density at radius 2 is 1.94 bits per heavy atom. The first-order valence-corrected chi connectivity index (χ1v) is 6.43. The molecular weight excluding hydrogens is 212 g/mol. The highest BCUT2D eigenvalue weighted by Gasteiger charge is 2.09. The van der Waals surface area contributed by atoms with Gasteiger partial charge in [0.05, 0.1) is 6.10 Å². The van der Waals surface area contributed by atoms with Crippen LogP contribution in [0.2, 0.25) is 0 Å². The number of ether oxygens (including phenoxy) is 1. The summed E-state index contributed by atoms with van der Waals surface area (Å²) in [5.41, 5.74) is 0. The second-order valence-electron chi connectivity index (χ2n) is 4.44. The number of hydrogen-bond donors (Lipinski definition) is 0. The first-order valence-electron chi connectivity index (χ1n) is 6.43. The number of para-hydroxylation sites is 1. The van der Waals surface area contributed by atoms with Crippen LogP contribution in [0.25, 0.3) is 0 Å². The van der Waals surface area contributed by atoms with E-state index in [4.69, 9.17) is 4.74 Å². The molecule has 94 valence electrons. The highest BCUT2D eigenvalue weighted by Crippen LogP contribution is 2.17. The van der Waals surface area contributed by atoms with Gasteiger partial charge in [-0.25, -0.2) is 0 Å². The number of rotatable bonds is 8. The van der Waals surface area contributed by atoms with Crippen molar-refractivity contribution >= 4 is 5.78 Å². The largest absolute Gasteiger partial charge is 0.490 e. The quantitative estimate of drug-likeness (QED) is 0.679. The van der Waals surface area contributed by atoms with Gasteiger partial charge in [-0.05, 0) is 38.3 Å². The lowest BCUT2D eigenvalue weighted by Gasteiger charge is -2.18. The van der Waals surface area contributed by atoms with E-state index in [2.05, 4.69) is 6.92 Å². The molecule has 1 aromatic rings. The molecule has 0 spiro atoms. The van der Waals surface area contributed by atoms with E-state index in [1.165, 1.54) is 0 Å². The van der Waals surface area contributed by atoms with Gasteiger partial charge in [0.15, 0.2) is 0 Å². The van der Waals surface area contributed by atoms with Gasteiger partial charge in [0.2, 0.25) is 0 Å². The highest BCUT2D eigenvalue weighted by molar-refractivity contribution is 5.75. The van der Waals surface area contributed by atoms with Gasteiger partial charge in [-0.3, -0.25) is 0 Å². The van der Waals surface area contributed by atoms with Crippen LogP contribution in [-0.4, -0.2) is 11.9 Å². The number of hydrogen-bond acceptors (Lipinski definition) is 2. The molecule has 0 amide bonds. The number of carbonyl (C=O) groups excluding carboxylic acids is 1. The predicted molar refractivity (Wildman–Crippen MR) is 70.3 cm³/mol. The smallest absolute Gasteiger partial charge is 0.129 e. The van der Waals surface area contributed by atoms with Gasteiger partial charge in [0, 0.05) is 6.42 Å². The van der Waals surface area contributed by atoms with E-state index in [0.717, 1.165) is 31.4 Å². The topological polar surface area (TPSA) is 26.3 Å². The minimum absolute atomic E-state index is 0.238.